The maximum absolute atomic E-state index is 12.2. The molecule has 2 amide bonds. The number of anilines is 1. The summed E-state index contributed by atoms with van der Waals surface area (Å²) < 4.78 is 6.57. The molecular formula is C18H26IN3O3. The molecule has 1 aliphatic heterocycles. The predicted octanol–water partition coefficient (Wildman–Crippen LogP) is 3.17. The second-order valence-corrected chi connectivity index (χ2v) is 8.56. The first-order chi connectivity index (χ1) is 11.6. The van der Waals surface area contributed by atoms with Crippen LogP contribution in [0.15, 0.2) is 24.3 Å². The Morgan fingerprint density at radius 3 is 2.44 bits per heavy atom. The smallest absolute Gasteiger partial charge is 0.410 e. The number of ether oxygens (including phenoxy) is 1. The molecule has 1 saturated heterocycles. The summed E-state index contributed by atoms with van der Waals surface area (Å²) in [6.07, 6.45) is -0.289. The summed E-state index contributed by atoms with van der Waals surface area (Å²) in [4.78, 5) is 28.2. The fourth-order valence-corrected chi connectivity index (χ4v) is 3.06. The number of nitrogens with one attached hydrogen (secondary N) is 1. The van der Waals surface area contributed by atoms with Crippen molar-refractivity contribution in [3.63, 3.8) is 0 Å². The summed E-state index contributed by atoms with van der Waals surface area (Å²) >= 11 is 2.23. The summed E-state index contributed by atoms with van der Waals surface area (Å²) in [6.45, 7) is 9.75. The van der Waals surface area contributed by atoms with Crippen LogP contribution in [0.1, 0.15) is 27.7 Å². The van der Waals surface area contributed by atoms with Crippen LogP contribution in [0.3, 0.4) is 0 Å². The molecule has 1 atom stereocenters. The first-order valence-corrected chi connectivity index (χ1v) is 9.49. The second kappa shape index (κ2) is 8.35. The van der Waals surface area contributed by atoms with Crippen LogP contribution in [0.2, 0.25) is 0 Å². The molecule has 1 unspecified atom stereocenters. The molecule has 6 nitrogen and oxygen atoms in total. The van der Waals surface area contributed by atoms with Crippen molar-refractivity contribution in [2.24, 2.45) is 0 Å². The van der Waals surface area contributed by atoms with E-state index in [1.165, 1.54) is 0 Å². The van der Waals surface area contributed by atoms with Crippen molar-refractivity contribution in [2.45, 2.75) is 39.3 Å². The van der Waals surface area contributed by atoms with Gasteiger partial charge in [-0.3, -0.25) is 9.69 Å². The van der Waals surface area contributed by atoms with Gasteiger partial charge in [0.2, 0.25) is 5.91 Å². The minimum atomic E-state index is -0.499. The summed E-state index contributed by atoms with van der Waals surface area (Å²) in [5.41, 5.74) is 0.298. The molecule has 1 aliphatic rings. The third kappa shape index (κ3) is 6.47. The monoisotopic (exact) mass is 459 g/mol. The molecule has 25 heavy (non-hydrogen) atoms. The van der Waals surface area contributed by atoms with Crippen molar-refractivity contribution in [1.82, 2.24) is 9.80 Å². The van der Waals surface area contributed by atoms with E-state index >= 15 is 0 Å². The Bertz CT molecular complexity index is 613. The number of piperazine rings is 1. The SMILES string of the molecule is CC1CN(CC(=O)Nc2ccc(I)cc2)CCN1C(=O)OC(C)(C)C. The van der Waals surface area contributed by atoms with E-state index in [1.807, 2.05) is 52.0 Å². The fourth-order valence-electron chi connectivity index (χ4n) is 2.71. The second-order valence-electron chi connectivity index (χ2n) is 7.31. The average molecular weight is 459 g/mol. The summed E-state index contributed by atoms with van der Waals surface area (Å²) in [7, 11) is 0. The van der Waals surface area contributed by atoms with Gasteiger partial charge in [0.15, 0.2) is 0 Å². The lowest BCUT2D eigenvalue weighted by molar-refractivity contribution is -0.117. The maximum Gasteiger partial charge on any atom is 0.410 e. The maximum atomic E-state index is 12.2. The van der Waals surface area contributed by atoms with Crippen molar-refractivity contribution in [1.29, 1.82) is 0 Å². The van der Waals surface area contributed by atoms with Crippen molar-refractivity contribution >= 4 is 40.3 Å². The van der Waals surface area contributed by atoms with Gasteiger partial charge in [-0.05, 0) is 74.6 Å². The molecule has 1 aromatic carbocycles. The molecular weight excluding hydrogens is 433 g/mol. The van der Waals surface area contributed by atoms with Crippen molar-refractivity contribution in [3.05, 3.63) is 27.8 Å². The Morgan fingerprint density at radius 1 is 1.24 bits per heavy atom. The van der Waals surface area contributed by atoms with Crippen LogP contribution >= 0.6 is 22.6 Å². The predicted molar refractivity (Wildman–Crippen MR) is 107 cm³/mol. The highest BCUT2D eigenvalue weighted by atomic mass is 127. The van der Waals surface area contributed by atoms with Gasteiger partial charge in [0.1, 0.15) is 5.60 Å². The zero-order valence-electron chi connectivity index (χ0n) is 15.2. The van der Waals surface area contributed by atoms with Gasteiger partial charge in [0.05, 0.1) is 6.54 Å². The van der Waals surface area contributed by atoms with Crippen molar-refractivity contribution in [3.8, 4) is 0 Å². The number of benzene rings is 1. The number of hydrogen-bond donors (Lipinski definition) is 1. The number of carbonyl (C=O) groups excluding carboxylic acids is 2. The highest BCUT2D eigenvalue weighted by Crippen LogP contribution is 2.16. The molecule has 0 aromatic heterocycles. The Hall–Kier alpha value is -1.35. The molecule has 0 radical (unpaired) electrons. The number of nitrogens with zero attached hydrogens (tertiary/aromatic N) is 2. The number of halogens is 1. The van der Waals surface area contributed by atoms with E-state index in [0.29, 0.717) is 26.2 Å². The van der Waals surface area contributed by atoms with Crippen LogP contribution in [-0.4, -0.2) is 59.6 Å². The van der Waals surface area contributed by atoms with E-state index in [2.05, 4.69) is 32.8 Å². The molecule has 0 aliphatic carbocycles. The third-order valence-corrected chi connectivity index (χ3v) is 4.55. The number of carbonyl (C=O) groups is 2. The minimum absolute atomic E-state index is 0.00898. The van der Waals surface area contributed by atoms with Gasteiger partial charge in [-0.2, -0.15) is 0 Å². The van der Waals surface area contributed by atoms with E-state index in [1.54, 1.807) is 4.90 Å². The van der Waals surface area contributed by atoms with Crippen LogP contribution in [0.4, 0.5) is 10.5 Å². The quantitative estimate of drug-likeness (QED) is 0.706. The van der Waals surface area contributed by atoms with Crippen LogP contribution in [0.25, 0.3) is 0 Å². The van der Waals surface area contributed by atoms with Gasteiger partial charge >= 0.3 is 6.09 Å². The molecule has 1 fully saturated rings. The molecule has 1 N–H and O–H groups in total. The Balaban J connectivity index is 1.83. The fraction of sp³-hybridized carbons (Fsp3) is 0.556. The topological polar surface area (TPSA) is 61.9 Å². The van der Waals surface area contributed by atoms with Gasteiger partial charge in [0, 0.05) is 34.9 Å². The highest BCUT2D eigenvalue weighted by molar-refractivity contribution is 14.1. The van der Waals surface area contributed by atoms with E-state index in [9.17, 15) is 9.59 Å². The van der Waals surface area contributed by atoms with Gasteiger partial charge in [-0.1, -0.05) is 0 Å². The average Bonchev–Trinajstić information content (AvgIpc) is 2.47. The molecule has 1 aromatic rings. The molecule has 7 heteroatoms. The van der Waals surface area contributed by atoms with Crippen LogP contribution in [0.5, 0.6) is 0 Å². The number of rotatable bonds is 3. The molecule has 0 spiro atoms. The summed E-state index contributed by atoms with van der Waals surface area (Å²) in [6, 6.07) is 7.70. The summed E-state index contributed by atoms with van der Waals surface area (Å²) in [5, 5.41) is 2.91. The van der Waals surface area contributed by atoms with Crippen molar-refractivity contribution < 1.29 is 14.3 Å². The molecule has 2 rings (SSSR count). The first-order valence-electron chi connectivity index (χ1n) is 8.41. The zero-order chi connectivity index (χ0) is 18.6. The van der Waals surface area contributed by atoms with Crippen molar-refractivity contribution in [2.75, 3.05) is 31.5 Å². The van der Waals surface area contributed by atoms with Crippen LogP contribution < -0.4 is 5.32 Å². The molecule has 0 bridgehead atoms. The van der Waals surface area contributed by atoms with Gasteiger partial charge in [0.25, 0.3) is 0 Å². The number of hydrogen-bond acceptors (Lipinski definition) is 4. The largest absolute Gasteiger partial charge is 0.444 e. The standard InChI is InChI=1S/C18H26IN3O3/c1-13-11-21(9-10-22(13)17(24)25-18(2,3)4)12-16(23)20-15-7-5-14(19)6-8-15/h5-8,13H,9-12H2,1-4H3,(H,20,23). The molecule has 1 heterocycles. The lowest BCUT2D eigenvalue weighted by Crippen LogP contribution is -2.56. The van der Waals surface area contributed by atoms with E-state index in [4.69, 9.17) is 4.74 Å². The Kier molecular flexibility index (Phi) is 6.67. The highest BCUT2D eigenvalue weighted by Gasteiger charge is 2.31. The minimum Gasteiger partial charge on any atom is -0.444 e. The Morgan fingerprint density at radius 2 is 1.88 bits per heavy atom. The first kappa shape index (κ1) is 20.0. The van der Waals surface area contributed by atoms with Crippen LogP contribution in [-0.2, 0) is 9.53 Å². The van der Waals surface area contributed by atoms with E-state index in [-0.39, 0.29) is 18.0 Å². The van der Waals surface area contributed by atoms with Crippen LogP contribution in [0, 0.1) is 3.57 Å². The van der Waals surface area contributed by atoms with E-state index in [0.717, 1.165) is 9.26 Å². The lowest BCUT2D eigenvalue weighted by Gasteiger charge is -2.39. The number of amides is 2. The third-order valence-electron chi connectivity index (χ3n) is 3.83. The Labute approximate surface area is 163 Å². The molecule has 0 saturated carbocycles. The van der Waals surface area contributed by atoms with Gasteiger partial charge in [-0.25, -0.2) is 4.79 Å². The van der Waals surface area contributed by atoms with Gasteiger partial charge in [-0.15, -0.1) is 0 Å². The molecule has 138 valence electrons. The zero-order valence-corrected chi connectivity index (χ0v) is 17.4. The van der Waals surface area contributed by atoms with E-state index < -0.39 is 5.60 Å². The normalized spacial score (nSPS) is 18.8. The summed E-state index contributed by atoms with van der Waals surface area (Å²) in [5.74, 6) is -0.0425. The lowest BCUT2D eigenvalue weighted by atomic mass is 10.2. The van der Waals surface area contributed by atoms with Gasteiger partial charge < -0.3 is 15.0 Å².